The Hall–Kier alpha value is -2.04. The summed E-state index contributed by atoms with van der Waals surface area (Å²) < 4.78 is 27.3. The van der Waals surface area contributed by atoms with Crippen LogP contribution in [-0.2, 0) is 14.8 Å². The van der Waals surface area contributed by atoms with E-state index in [2.05, 4.69) is 16.6 Å². The second kappa shape index (κ2) is 9.19. The number of nitrogens with one attached hydrogen (secondary N) is 1. The van der Waals surface area contributed by atoms with Crippen molar-refractivity contribution in [3.8, 4) is 11.8 Å². The third kappa shape index (κ3) is 5.31. The second-order valence-corrected chi connectivity index (χ2v) is 9.26. The molecule has 0 unspecified atom stereocenters. The number of amides is 1. The monoisotopic (exact) mass is 450 g/mol. The van der Waals surface area contributed by atoms with Crippen LogP contribution in [0.15, 0.2) is 41.3 Å². The van der Waals surface area contributed by atoms with E-state index in [0.717, 1.165) is 30.6 Å². The van der Waals surface area contributed by atoms with E-state index in [9.17, 15) is 13.2 Å². The summed E-state index contributed by atoms with van der Waals surface area (Å²) in [6, 6.07) is 10.2. The average Bonchev–Trinajstić information content (AvgIpc) is 2.69. The molecule has 2 aromatic carbocycles. The molecule has 152 valence electrons. The zero-order chi connectivity index (χ0) is 21.0. The topological polar surface area (TPSA) is 66.5 Å². The van der Waals surface area contributed by atoms with Gasteiger partial charge < -0.3 is 4.90 Å². The predicted molar refractivity (Wildman–Crippen MR) is 116 cm³/mol. The van der Waals surface area contributed by atoms with Gasteiger partial charge in [0.15, 0.2) is 0 Å². The number of sulfonamides is 1. The van der Waals surface area contributed by atoms with E-state index in [1.165, 1.54) is 12.1 Å². The third-order valence-corrected chi connectivity index (χ3v) is 6.86. The largest absolute Gasteiger partial charge is 0.312 e. The predicted octanol–water partition coefficient (Wildman–Crippen LogP) is 4.15. The quantitative estimate of drug-likeness (QED) is 0.711. The number of aryl methyl sites for hydroxylation is 1. The minimum atomic E-state index is -3.80. The molecule has 29 heavy (non-hydrogen) atoms. The molecule has 1 amide bonds. The van der Waals surface area contributed by atoms with E-state index in [-0.39, 0.29) is 22.4 Å². The molecule has 0 spiro atoms. The highest BCUT2D eigenvalue weighted by molar-refractivity contribution is 7.89. The molecule has 0 aromatic heterocycles. The van der Waals surface area contributed by atoms with E-state index >= 15 is 0 Å². The Morgan fingerprint density at radius 3 is 2.52 bits per heavy atom. The number of halogens is 2. The highest BCUT2D eigenvalue weighted by atomic mass is 35.5. The van der Waals surface area contributed by atoms with Gasteiger partial charge in [0.25, 0.3) is 0 Å². The van der Waals surface area contributed by atoms with Crippen LogP contribution in [0.25, 0.3) is 0 Å². The molecule has 1 aliphatic rings. The molecule has 0 radical (unpaired) electrons. The van der Waals surface area contributed by atoms with Crippen molar-refractivity contribution in [3.63, 3.8) is 0 Å². The van der Waals surface area contributed by atoms with Crippen molar-refractivity contribution in [2.75, 3.05) is 18.0 Å². The van der Waals surface area contributed by atoms with Crippen molar-refractivity contribution in [2.24, 2.45) is 0 Å². The maximum Gasteiger partial charge on any atom is 0.242 e. The molecule has 1 saturated heterocycles. The molecule has 1 aliphatic heterocycles. The zero-order valence-electron chi connectivity index (χ0n) is 15.8. The summed E-state index contributed by atoms with van der Waals surface area (Å²) in [7, 11) is -3.80. The Morgan fingerprint density at radius 2 is 1.83 bits per heavy atom. The number of hydrogen-bond donors (Lipinski definition) is 1. The number of hydrogen-bond acceptors (Lipinski definition) is 3. The van der Waals surface area contributed by atoms with Gasteiger partial charge in [-0.1, -0.05) is 35.0 Å². The fraction of sp³-hybridized carbons (Fsp3) is 0.286. The Morgan fingerprint density at radius 1 is 1.10 bits per heavy atom. The van der Waals surface area contributed by atoms with E-state index in [4.69, 9.17) is 23.2 Å². The number of benzene rings is 2. The number of carbonyl (C=O) groups is 1. The summed E-state index contributed by atoms with van der Waals surface area (Å²) in [5, 5.41) is 0.465. The second-order valence-electron chi connectivity index (χ2n) is 6.71. The van der Waals surface area contributed by atoms with Crippen LogP contribution in [0, 0.1) is 18.8 Å². The lowest BCUT2D eigenvalue weighted by Gasteiger charge is -2.26. The molecule has 1 fully saturated rings. The smallest absolute Gasteiger partial charge is 0.242 e. The van der Waals surface area contributed by atoms with Crippen LogP contribution in [0.1, 0.15) is 30.4 Å². The molecular weight excluding hydrogens is 431 g/mol. The van der Waals surface area contributed by atoms with Gasteiger partial charge in [0.2, 0.25) is 15.9 Å². The molecule has 0 atom stereocenters. The minimum absolute atomic E-state index is 0.0292. The number of anilines is 1. The van der Waals surface area contributed by atoms with E-state index in [1.807, 2.05) is 24.3 Å². The summed E-state index contributed by atoms with van der Waals surface area (Å²) in [6.07, 6.45) is 2.53. The Kier molecular flexibility index (Phi) is 6.86. The number of nitrogens with zero attached hydrogens (tertiary/aromatic N) is 1. The normalized spacial score (nSPS) is 14.4. The van der Waals surface area contributed by atoms with Gasteiger partial charge in [0.05, 0.1) is 11.6 Å². The van der Waals surface area contributed by atoms with Crippen LogP contribution < -0.4 is 9.62 Å². The van der Waals surface area contributed by atoms with Gasteiger partial charge in [-0.2, -0.15) is 4.72 Å². The highest BCUT2D eigenvalue weighted by Crippen LogP contribution is 2.28. The number of piperidine rings is 1. The van der Waals surface area contributed by atoms with Gasteiger partial charge >= 0.3 is 0 Å². The lowest BCUT2D eigenvalue weighted by Crippen LogP contribution is -2.35. The molecule has 0 bridgehead atoms. The Balaban J connectivity index is 1.64. The molecule has 1 heterocycles. The van der Waals surface area contributed by atoms with Gasteiger partial charge in [0.1, 0.15) is 4.90 Å². The Labute approximate surface area is 181 Å². The zero-order valence-corrected chi connectivity index (χ0v) is 18.2. The van der Waals surface area contributed by atoms with Gasteiger partial charge in [-0.25, -0.2) is 8.42 Å². The van der Waals surface area contributed by atoms with Crippen molar-refractivity contribution in [1.82, 2.24) is 4.72 Å². The SMILES string of the molecule is Cc1cc(S(=O)(=O)NCC#Cc2ccc(N3CCCCC3=O)cc2)c(Cl)cc1Cl. The summed E-state index contributed by atoms with van der Waals surface area (Å²) in [5.41, 5.74) is 2.21. The first-order valence-corrected chi connectivity index (χ1v) is 11.4. The van der Waals surface area contributed by atoms with Crippen LogP contribution in [0.5, 0.6) is 0 Å². The van der Waals surface area contributed by atoms with E-state index in [0.29, 0.717) is 17.0 Å². The third-order valence-electron chi connectivity index (χ3n) is 4.59. The summed E-state index contributed by atoms with van der Waals surface area (Å²) in [4.78, 5) is 13.7. The molecule has 8 heteroatoms. The van der Waals surface area contributed by atoms with Gasteiger partial charge in [0, 0.05) is 29.2 Å². The molecule has 1 N–H and O–H groups in total. The van der Waals surface area contributed by atoms with Crippen LogP contribution in [0.4, 0.5) is 5.69 Å². The van der Waals surface area contributed by atoms with Crippen LogP contribution in [0.3, 0.4) is 0 Å². The Bertz CT molecular complexity index is 1090. The van der Waals surface area contributed by atoms with Crippen LogP contribution >= 0.6 is 23.2 Å². The van der Waals surface area contributed by atoms with Crippen molar-refractivity contribution in [2.45, 2.75) is 31.1 Å². The average molecular weight is 451 g/mol. The number of carbonyl (C=O) groups excluding carboxylic acids is 1. The number of rotatable bonds is 4. The first kappa shape index (κ1) is 21.7. The molecule has 2 aromatic rings. The molecule has 3 rings (SSSR count). The fourth-order valence-corrected chi connectivity index (χ4v) is 4.75. The first-order valence-electron chi connectivity index (χ1n) is 9.12. The van der Waals surface area contributed by atoms with E-state index < -0.39 is 10.0 Å². The molecule has 5 nitrogen and oxygen atoms in total. The first-order chi connectivity index (χ1) is 13.8. The minimum Gasteiger partial charge on any atom is -0.312 e. The summed E-state index contributed by atoms with van der Waals surface area (Å²) in [5.74, 6) is 5.84. The van der Waals surface area contributed by atoms with Gasteiger partial charge in [-0.3, -0.25) is 4.79 Å². The molecular formula is C21H20Cl2N2O3S. The van der Waals surface area contributed by atoms with Crippen molar-refractivity contribution >= 4 is 44.8 Å². The van der Waals surface area contributed by atoms with Crippen molar-refractivity contribution in [1.29, 1.82) is 0 Å². The lowest BCUT2D eigenvalue weighted by atomic mass is 10.1. The van der Waals surface area contributed by atoms with Gasteiger partial charge in [-0.15, -0.1) is 0 Å². The maximum atomic E-state index is 12.4. The standard InChI is InChI=1S/C21H20Cl2N2O3S/c1-15-13-20(19(23)14-18(15)22)29(27,28)24-11-4-5-16-7-9-17(10-8-16)25-12-3-2-6-21(25)26/h7-10,13-14,24H,2-3,6,11-12H2,1H3. The van der Waals surface area contributed by atoms with Crippen molar-refractivity contribution in [3.05, 3.63) is 57.6 Å². The molecule has 0 aliphatic carbocycles. The van der Waals surface area contributed by atoms with Gasteiger partial charge in [-0.05, 0) is 61.7 Å². The fourth-order valence-electron chi connectivity index (χ4n) is 3.00. The maximum absolute atomic E-state index is 12.4. The molecule has 0 saturated carbocycles. The van der Waals surface area contributed by atoms with E-state index in [1.54, 1.807) is 11.8 Å². The van der Waals surface area contributed by atoms with Crippen LogP contribution in [0.2, 0.25) is 10.0 Å². The highest BCUT2D eigenvalue weighted by Gasteiger charge is 2.20. The lowest BCUT2D eigenvalue weighted by molar-refractivity contribution is -0.119. The summed E-state index contributed by atoms with van der Waals surface area (Å²) in [6.45, 7) is 2.38. The van der Waals surface area contributed by atoms with Crippen LogP contribution in [-0.4, -0.2) is 27.4 Å². The summed E-state index contributed by atoms with van der Waals surface area (Å²) >= 11 is 12.0. The van der Waals surface area contributed by atoms with Crippen molar-refractivity contribution < 1.29 is 13.2 Å².